The highest BCUT2D eigenvalue weighted by molar-refractivity contribution is 5.82. The molecular weight excluding hydrogens is 457 g/mol. The summed E-state index contributed by atoms with van der Waals surface area (Å²) in [6.07, 6.45) is 5.22. The minimum absolute atomic E-state index is 0.0242. The lowest BCUT2D eigenvalue weighted by atomic mass is 10.1. The Morgan fingerprint density at radius 2 is 1.53 bits per heavy atom. The maximum absolute atomic E-state index is 12.0. The zero-order valence-corrected chi connectivity index (χ0v) is 24.5. The van der Waals surface area contributed by atoms with Crippen LogP contribution in [0.5, 0.6) is 0 Å². The Kier molecular flexibility index (Phi) is 20.1. The number of nitrogens with zero attached hydrogens (tertiary/aromatic N) is 1. The van der Waals surface area contributed by atoms with Gasteiger partial charge in [-0.2, -0.15) is 13.2 Å². The van der Waals surface area contributed by atoms with Gasteiger partial charge < -0.3 is 5.32 Å². The van der Waals surface area contributed by atoms with Crippen LogP contribution in [0.2, 0.25) is 0 Å². The summed E-state index contributed by atoms with van der Waals surface area (Å²) < 4.78 is 35.9. The van der Waals surface area contributed by atoms with E-state index >= 15 is 0 Å². The van der Waals surface area contributed by atoms with Crippen molar-refractivity contribution < 1.29 is 13.2 Å². The second-order valence-electron chi connectivity index (χ2n) is 9.88. The molecule has 0 amide bonds. The molecule has 0 bridgehead atoms. The lowest BCUT2D eigenvalue weighted by Gasteiger charge is -2.20. The van der Waals surface area contributed by atoms with Gasteiger partial charge in [-0.3, -0.25) is 4.99 Å². The van der Waals surface area contributed by atoms with Gasteiger partial charge in [-0.05, 0) is 71.4 Å². The SMILES string of the molecule is C=C(C)NC(CC)C(F)(F)F.C=C(CCC)CCC.CC(C)=Nc1ccc(C)cc1C.CCC1CC1. The van der Waals surface area contributed by atoms with E-state index in [-0.39, 0.29) is 6.42 Å². The number of halogens is 3. The fraction of sp³-hybridized carbons (Fsp3) is 0.645. The first kappa shape index (κ1) is 36.1. The van der Waals surface area contributed by atoms with Crippen LogP contribution >= 0.6 is 0 Å². The van der Waals surface area contributed by atoms with Crippen LogP contribution in [0.3, 0.4) is 0 Å². The molecule has 0 heterocycles. The predicted molar refractivity (Wildman–Crippen MR) is 154 cm³/mol. The second-order valence-corrected chi connectivity index (χ2v) is 9.88. The van der Waals surface area contributed by atoms with E-state index in [0.717, 1.165) is 17.3 Å². The third kappa shape index (κ3) is 21.3. The van der Waals surface area contributed by atoms with Gasteiger partial charge in [0.15, 0.2) is 0 Å². The van der Waals surface area contributed by atoms with Gasteiger partial charge in [0.1, 0.15) is 6.04 Å². The van der Waals surface area contributed by atoms with Crippen molar-refractivity contribution in [3.05, 3.63) is 53.8 Å². The van der Waals surface area contributed by atoms with Gasteiger partial charge in [0.05, 0.1) is 5.69 Å². The van der Waals surface area contributed by atoms with E-state index in [0.29, 0.717) is 5.70 Å². The molecule has 0 radical (unpaired) electrons. The van der Waals surface area contributed by atoms with Crippen molar-refractivity contribution in [1.29, 1.82) is 0 Å². The molecule has 36 heavy (non-hydrogen) atoms. The molecule has 2 rings (SSSR count). The van der Waals surface area contributed by atoms with Gasteiger partial charge in [-0.15, -0.1) is 0 Å². The molecule has 0 aromatic heterocycles. The average Bonchev–Trinajstić information content (AvgIpc) is 3.59. The molecule has 1 aliphatic rings. The number of nitrogens with one attached hydrogen (secondary N) is 1. The molecule has 1 saturated carbocycles. The summed E-state index contributed by atoms with van der Waals surface area (Å²) in [4.78, 5) is 4.42. The lowest BCUT2D eigenvalue weighted by molar-refractivity contribution is -0.154. The summed E-state index contributed by atoms with van der Waals surface area (Å²) in [7, 11) is 0. The molecule has 1 unspecified atom stereocenters. The largest absolute Gasteiger partial charge is 0.408 e. The van der Waals surface area contributed by atoms with Gasteiger partial charge in [0.25, 0.3) is 0 Å². The van der Waals surface area contributed by atoms with Crippen LogP contribution in [0.4, 0.5) is 18.9 Å². The summed E-state index contributed by atoms with van der Waals surface area (Å²) in [6, 6.07) is 4.86. The highest BCUT2D eigenvalue weighted by Crippen LogP contribution is 2.31. The molecule has 2 nitrogen and oxygen atoms in total. The molecule has 0 aliphatic heterocycles. The molecule has 1 aromatic carbocycles. The lowest BCUT2D eigenvalue weighted by Crippen LogP contribution is -2.40. The smallest absolute Gasteiger partial charge is 0.378 e. The van der Waals surface area contributed by atoms with Crippen LogP contribution in [-0.2, 0) is 0 Å². The number of aryl methyl sites for hydroxylation is 2. The Morgan fingerprint density at radius 3 is 1.78 bits per heavy atom. The van der Waals surface area contributed by atoms with Gasteiger partial charge in [-0.1, -0.05) is 96.2 Å². The van der Waals surface area contributed by atoms with E-state index in [4.69, 9.17) is 0 Å². The molecule has 1 aliphatic carbocycles. The van der Waals surface area contributed by atoms with E-state index < -0.39 is 12.2 Å². The molecular formula is C31H53F3N2. The number of aliphatic imine (C=N–C) groups is 1. The zero-order valence-electron chi connectivity index (χ0n) is 24.5. The van der Waals surface area contributed by atoms with E-state index in [1.807, 2.05) is 13.8 Å². The predicted octanol–water partition coefficient (Wildman–Crippen LogP) is 10.8. The topological polar surface area (TPSA) is 24.4 Å². The summed E-state index contributed by atoms with van der Waals surface area (Å²) in [5.41, 5.74) is 6.48. The van der Waals surface area contributed by atoms with Crippen molar-refractivity contribution >= 4 is 11.4 Å². The Balaban J connectivity index is 0. The minimum Gasteiger partial charge on any atom is -0.378 e. The van der Waals surface area contributed by atoms with Crippen LogP contribution in [0.1, 0.15) is 111 Å². The van der Waals surface area contributed by atoms with Gasteiger partial charge in [0.2, 0.25) is 0 Å². The number of rotatable bonds is 9. The molecule has 0 saturated heterocycles. The van der Waals surface area contributed by atoms with E-state index in [1.54, 1.807) is 0 Å². The van der Waals surface area contributed by atoms with Crippen molar-refractivity contribution in [2.75, 3.05) is 0 Å². The highest BCUT2D eigenvalue weighted by atomic mass is 19.4. The first-order chi connectivity index (χ1) is 16.7. The second kappa shape index (κ2) is 20.1. The summed E-state index contributed by atoms with van der Waals surface area (Å²) in [5.74, 6) is 1.13. The quantitative estimate of drug-likeness (QED) is 0.259. The third-order valence-electron chi connectivity index (χ3n) is 5.40. The van der Waals surface area contributed by atoms with E-state index in [9.17, 15) is 13.2 Å². The molecule has 1 aromatic rings. The van der Waals surface area contributed by atoms with Crippen molar-refractivity contribution in [2.24, 2.45) is 10.9 Å². The minimum atomic E-state index is -4.17. The van der Waals surface area contributed by atoms with Crippen LogP contribution in [0.25, 0.3) is 0 Å². The number of hydrogen-bond acceptors (Lipinski definition) is 2. The summed E-state index contributed by atoms with van der Waals surface area (Å²) in [6.45, 7) is 25.1. The summed E-state index contributed by atoms with van der Waals surface area (Å²) in [5, 5.41) is 2.25. The highest BCUT2D eigenvalue weighted by Gasteiger charge is 2.37. The fourth-order valence-corrected chi connectivity index (χ4v) is 3.24. The zero-order chi connectivity index (χ0) is 28.3. The molecule has 1 fully saturated rings. The Bertz CT molecular complexity index is 763. The van der Waals surface area contributed by atoms with Crippen LogP contribution in [0, 0.1) is 19.8 Å². The van der Waals surface area contributed by atoms with E-state index in [1.165, 1.54) is 75.5 Å². The Hall–Kier alpha value is -2.04. The maximum atomic E-state index is 12.0. The first-order valence-corrected chi connectivity index (χ1v) is 13.5. The Labute approximate surface area is 220 Å². The molecule has 0 spiro atoms. The fourth-order valence-electron chi connectivity index (χ4n) is 3.24. The van der Waals surface area contributed by atoms with E-state index in [2.05, 4.69) is 76.3 Å². The molecule has 1 N–H and O–H groups in total. The molecule has 5 heteroatoms. The van der Waals surface area contributed by atoms with Gasteiger partial charge in [0, 0.05) is 11.4 Å². The monoisotopic (exact) mass is 510 g/mol. The number of alkyl halides is 3. The van der Waals surface area contributed by atoms with Crippen molar-refractivity contribution in [1.82, 2.24) is 5.32 Å². The number of hydrogen-bond donors (Lipinski definition) is 1. The molecule has 1 atom stereocenters. The maximum Gasteiger partial charge on any atom is 0.408 e. The van der Waals surface area contributed by atoms with Crippen LogP contribution in [-0.4, -0.2) is 17.9 Å². The van der Waals surface area contributed by atoms with Crippen LogP contribution < -0.4 is 5.32 Å². The normalized spacial score (nSPS) is 12.9. The van der Waals surface area contributed by atoms with Crippen LogP contribution in [0.15, 0.2) is 47.6 Å². The number of allylic oxidation sites excluding steroid dienone is 2. The Morgan fingerprint density at radius 1 is 1.00 bits per heavy atom. The van der Waals surface area contributed by atoms with Gasteiger partial charge in [-0.25, -0.2) is 0 Å². The van der Waals surface area contributed by atoms with Gasteiger partial charge >= 0.3 is 6.18 Å². The molecule has 208 valence electrons. The standard InChI is InChI=1S/C11H15N.C8H16.C7H12F3N.C5H10/c1-8(2)12-11-6-5-9(3)7-10(11)4;1-4-6-8(3)7-5-2;1-4-6(7(8,9)10)11-5(2)3;1-2-5-3-4-5/h5-7H,1-4H3;3-7H2,1-2H3;6,11H,2,4H2,1,3H3;5H,2-4H2,1H3. The third-order valence-corrected chi connectivity index (χ3v) is 5.40. The summed E-state index contributed by atoms with van der Waals surface area (Å²) >= 11 is 0. The van der Waals surface area contributed by atoms with Crippen molar-refractivity contribution in [2.45, 2.75) is 126 Å². The van der Waals surface area contributed by atoms with Crippen molar-refractivity contribution in [3.8, 4) is 0 Å². The van der Waals surface area contributed by atoms with Crippen molar-refractivity contribution in [3.63, 3.8) is 0 Å². The first-order valence-electron chi connectivity index (χ1n) is 13.5. The average molecular weight is 511 g/mol. The number of benzene rings is 1.